The van der Waals surface area contributed by atoms with Gasteiger partial charge in [-0.15, -0.1) is 34.9 Å². The van der Waals surface area contributed by atoms with Crippen LogP contribution in [0.4, 0.5) is 0 Å². The van der Waals surface area contributed by atoms with Crippen LogP contribution in [0.2, 0.25) is 0 Å². The standard InChI is InChI=1S/C24H23N2.C5H8O2.Ir/c1-15-12-16(2)14-17(13-15)23-20-6-8-21-19(18(20)10-11-25-23)7-9-22(26-21)24(3,4)5;1-4(6)3-5(2)7;/h6-13H,1-5H3;3,6H,1-2H3;/q-1;;/b;4-3-;. The molecule has 1 N–H and O–H groups in total. The predicted molar refractivity (Wildman–Crippen MR) is 137 cm³/mol. The monoisotopic (exact) mass is 632 g/mol. The first kappa shape index (κ1) is 27.4. The molecule has 0 atom stereocenters. The summed E-state index contributed by atoms with van der Waals surface area (Å²) >= 11 is 0. The predicted octanol–water partition coefficient (Wildman–Crippen LogP) is 7.20. The van der Waals surface area contributed by atoms with Crippen LogP contribution < -0.4 is 0 Å². The van der Waals surface area contributed by atoms with Crippen LogP contribution in [-0.4, -0.2) is 20.9 Å². The van der Waals surface area contributed by atoms with Gasteiger partial charge >= 0.3 is 0 Å². The number of rotatable bonds is 2. The zero-order valence-corrected chi connectivity index (χ0v) is 23.2. The van der Waals surface area contributed by atoms with Gasteiger partial charge in [-0.25, -0.2) is 0 Å². The Morgan fingerprint density at radius 1 is 0.971 bits per heavy atom. The maximum Gasteiger partial charge on any atom is 0.155 e. The van der Waals surface area contributed by atoms with Gasteiger partial charge in [-0.1, -0.05) is 46.8 Å². The van der Waals surface area contributed by atoms with Gasteiger partial charge in [0.1, 0.15) is 0 Å². The second kappa shape index (κ2) is 11.0. The molecule has 0 saturated heterocycles. The molecule has 2 aromatic carbocycles. The van der Waals surface area contributed by atoms with Crippen molar-refractivity contribution in [3.05, 3.63) is 83.4 Å². The third kappa shape index (κ3) is 6.59. The molecule has 0 aliphatic heterocycles. The smallest absolute Gasteiger partial charge is 0.155 e. The summed E-state index contributed by atoms with van der Waals surface area (Å²) in [6.07, 6.45) is 3.06. The fourth-order valence-electron chi connectivity index (χ4n) is 3.82. The van der Waals surface area contributed by atoms with Gasteiger partial charge in [0, 0.05) is 48.9 Å². The van der Waals surface area contributed by atoms with Gasteiger partial charge in [0.25, 0.3) is 0 Å². The zero-order valence-electron chi connectivity index (χ0n) is 20.8. The van der Waals surface area contributed by atoms with Crippen LogP contribution in [0.3, 0.4) is 0 Å². The molecule has 4 rings (SSSR count). The minimum atomic E-state index is -0.125. The van der Waals surface area contributed by atoms with Crippen LogP contribution in [0, 0.1) is 19.9 Å². The Morgan fingerprint density at radius 3 is 2.21 bits per heavy atom. The number of aliphatic hydroxyl groups is 1. The van der Waals surface area contributed by atoms with Crippen LogP contribution in [0.15, 0.2) is 60.5 Å². The molecule has 1 radical (unpaired) electrons. The number of ketones is 1. The normalized spacial score (nSPS) is 11.6. The first-order chi connectivity index (χ1) is 15.5. The molecule has 0 fully saturated rings. The second-order valence-corrected chi connectivity index (χ2v) is 9.48. The van der Waals surface area contributed by atoms with Crippen LogP contribution in [0.1, 0.15) is 51.4 Å². The SMILES string of the molecule is CC(=O)/C=C(/C)O.Cc1[c-]c(-c2nccc3c2ccc2nc(C(C)(C)C)ccc23)cc(C)c1.[Ir]. The second-order valence-electron chi connectivity index (χ2n) is 9.48. The number of benzene rings is 2. The van der Waals surface area contributed by atoms with Crippen molar-refractivity contribution in [3.8, 4) is 11.3 Å². The molecule has 0 amide bonds. The number of carbonyl (C=O) groups is 1. The third-order valence-electron chi connectivity index (χ3n) is 5.20. The number of carbonyl (C=O) groups excluding carboxylic acids is 1. The van der Waals surface area contributed by atoms with Gasteiger partial charge in [0.05, 0.1) is 11.3 Å². The van der Waals surface area contributed by atoms with E-state index in [1.165, 1.54) is 36.3 Å². The molecule has 0 spiro atoms. The molecule has 0 unspecified atom stereocenters. The number of aliphatic hydroxyl groups excluding tert-OH is 1. The fraction of sp³-hybridized carbons (Fsp3) is 0.276. The van der Waals surface area contributed by atoms with Crippen molar-refractivity contribution in [3.63, 3.8) is 0 Å². The molecule has 4 aromatic rings. The first-order valence-electron chi connectivity index (χ1n) is 11.0. The van der Waals surface area contributed by atoms with Crippen molar-refractivity contribution >= 4 is 27.5 Å². The number of aryl methyl sites for hydroxylation is 2. The Hall–Kier alpha value is -2.88. The number of fused-ring (bicyclic) bond motifs is 3. The number of pyridine rings is 2. The molecule has 34 heavy (non-hydrogen) atoms. The van der Waals surface area contributed by atoms with E-state index in [4.69, 9.17) is 10.1 Å². The van der Waals surface area contributed by atoms with E-state index < -0.39 is 0 Å². The van der Waals surface area contributed by atoms with E-state index in [1.807, 2.05) is 6.20 Å². The molecule has 0 aliphatic carbocycles. The molecule has 5 heteroatoms. The molecule has 179 valence electrons. The van der Waals surface area contributed by atoms with Crippen molar-refractivity contribution in [2.45, 2.75) is 53.9 Å². The van der Waals surface area contributed by atoms with Crippen molar-refractivity contribution in [2.24, 2.45) is 0 Å². The Balaban J connectivity index is 0.000000449. The van der Waals surface area contributed by atoms with Gasteiger partial charge in [-0.3, -0.25) is 9.78 Å². The summed E-state index contributed by atoms with van der Waals surface area (Å²) in [5, 5.41) is 11.9. The van der Waals surface area contributed by atoms with E-state index in [0.717, 1.165) is 33.4 Å². The van der Waals surface area contributed by atoms with Crippen LogP contribution in [0.25, 0.3) is 32.9 Å². The van der Waals surface area contributed by atoms with Crippen molar-refractivity contribution in [2.75, 3.05) is 0 Å². The van der Waals surface area contributed by atoms with Crippen molar-refractivity contribution < 1.29 is 30.0 Å². The molecule has 4 nitrogen and oxygen atoms in total. The maximum atomic E-state index is 10.0. The van der Waals surface area contributed by atoms with Gasteiger partial charge in [-0.05, 0) is 48.5 Å². The zero-order chi connectivity index (χ0) is 24.3. The van der Waals surface area contributed by atoms with Gasteiger partial charge in [0.15, 0.2) is 5.78 Å². The topological polar surface area (TPSA) is 63.1 Å². The quantitative estimate of drug-likeness (QED) is 0.110. The molecular weight excluding hydrogens is 601 g/mol. The average molecular weight is 632 g/mol. The Morgan fingerprint density at radius 2 is 1.65 bits per heavy atom. The summed E-state index contributed by atoms with van der Waals surface area (Å²) in [6.45, 7) is 13.6. The minimum Gasteiger partial charge on any atom is -0.512 e. The van der Waals surface area contributed by atoms with E-state index >= 15 is 0 Å². The Kier molecular flexibility index (Phi) is 8.88. The summed E-state index contributed by atoms with van der Waals surface area (Å²) < 4.78 is 0. The summed E-state index contributed by atoms with van der Waals surface area (Å²) in [7, 11) is 0. The molecule has 0 saturated carbocycles. The largest absolute Gasteiger partial charge is 0.512 e. The van der Waals surface area contributed by atoms with Crippen molar-refractivity contribution in [1.29, 1.82) is 0 Å². The van der Waals surface area contributed by atoms with Crippen LogP contribution in [-0.2, 0) is 30.3 Å². The van der Waals surface area contributed by atoms with E-state index in [1.54, 1.807) is 0 Å². The minimum absolute atomic E-state index is 0. The van der Waals surface area contributed by atoms with Gasteiger partial charge < -0.3 is 10.1 Å². The third-order valence-corrected chi connectivity index (χ3v) is 5.20. The average Bonchev–Trinajstić information content (AvgIpc) is 2.70. The summed E-state index contributed by atoms with van der Waals surface area (Å²) in [6, 6.07) is 18.4. The molecule has 0 aliphatic rings. The van der Waals surface area contributed by atoms with E-state index in [2.05, 4.69) is 88.1 Å². The molecule has 2 heterocycles. The molecule has 0 bridgehead atoms. The number of hydrogen-bond donors (Lipinski definition) is 1. The van der Waals surface area contributed by atoms with E-state index in [9.17, 15) is 4.79 Å². The summed E-state index contributed by atoms with van der Waals surface area (Å²) in [5.41, 5.74) is 6.58. The number of nitrogens with zero attached hydrogens (tertiary/aromatic N) is 2. The summed E-state index contributed by atoms with van der Waals surface area (Å²) in [4.78, 5) is 19.6. The number of aromatic nitrogens is 2. The van der Waals surface area contributed by atoms with E-state index in [-0.39, 0.29) is 37.1 Å². The van der Waals surface area contributed by atoms with Gasteiger partial charge in [0.2, 0.25) is 0 Å². The fourth-order valence-corrected chi connectivity index (χ4v) is 3.82. The molecule has 2 aromatic heterocycles. The van der Waals surface area contributed by atoms with Crippen LogP contribution in [0.5, 0.6) is 0 Å². The first-order valence-corrected chi connectivity index (χ1v) is 11.0. The Bertz CT molecular complexity index is 1340. The number of allylic oxidation sites excluding steroid dienone is 2. The van der Waals surface area contributed by atoms with Crippen molar-refractivity contribution in [1.82, 2.24) is 9.97 Å². The maximum absolute atomic E-state index is 10.0. The Labute approximate surface area is 215 Å². The summed E-state index contributed by atoms with van der Waals surface area (Å²) in [5.74, 6) is -0.0625. The number of hydrogen-bond acceptors (Lipinski definition) is 4. The van der Waals surface area contributed by atoms with E-state index in [0.29, 0.717) is 0 Å². The van der Waals surface area contributed by atoms with Crippen LogP contribution >= 0.6 is 0 Å². The molecular formula is C29H31IrN2O2-. The van der Waals surface area contributed by atoms with Gasteiger partial charge in [-0.2, -0.15) is 0 Å².